The van der Waals surface area contributed by atoms with Gasteiger partial charge in [0.1, 0.15) is 5.82 Å². The zero-order valence-corrected chi connectivity index (χ0v) is 11.0. The first-order valence-corrected chi connectivity index (χ1v) is 6.08. The van der Waals surface area contributed by atoms with Gasteiger partial charge in [0.15, 0.2) is 0 Å². The molecule has 18 heavy (non-hydrogen) atoms. The first kappa shape index (κ1) is 12.8. The van der Waals surface area contributed by atoms with Gasteiger partial charge >= 0.3 is 0 Å². The molecule has 0 aromatic heterocycles. The maximum absolute atomic E-state index is 13.8. The van der Waals surface area contributed by atoms with Crippen LogP contribution in [0.25, 0.3) is 0 Å². The molecule has 1 unspecified atom stereocenters. The molecule has 0 aliphatic heterocycles. The molecule has 1 atom stereocenters. The van der Waals surface area contributed by atoms with Crippen molar-refractivity contribution in [1.29, 1.82) is 0 Å². The Bertz CT molecular complexity index is 575. The van der Waals surface area contributed by atoms with E-state index in [0.717, 1.165) is 11.1 Å². The molecule has 0 aliphatic rings. The summed E-state index contributed by atoms with van der Waals surface area (Å²) in [5.74, 6) is -0.244. The Hall–Kier alpha value is -1.67. The van der Waals surface area contributed by atoms with E-state index in [-0.39, 0.29) is 5.82 Å². The average Bonchev–Trinajstić information content (AvgIpc) is 2.35. The molecule has 2 N–H and O–H groups in total. The number of hydrogen-bond acceptors (Lipinski definition) is 1. The van der Waals surface area contributed by atoms with Crippen molar-refractivity contribution < 1.29 is 4.39 Å². The fourth-order valence-electron chi connectivity index (χ4n) is 2.04. The van der Waals surface area contributed by atoms with E-state index in [2.05, 4.69) is 6.92 Å². The van der Waals surface area contributed by atoms with Crippen LogP contribution in [0.2, 0.25) is 0 Å². The Morgan fingerprint density at radius 3 is 2.33 bits per heavy atom. The van der Waals surface area contributed by atoms with Gasteiger partial charge in [-0.05, 0) is 43.5 Å². The lowest BCUT2D eigenvalue weighted by molar-refractivity contribution is 0.599. The third-order valence-electron chi connectivity index (χ3n) is 3.38. The molecule has 0 saturated carbocycles. The minimum absolute atomic E-state index is 0.244. The molecule has 2 rings (SSSR count). The Kier molecular flexibility index (Phi) is 3.48. The van der Waals surface area contributed by atoms with Gasteiger partial charge in [0.2, 0.25) is 0 Å². The molecule has 1 nitrogen and oxygen atoms in total. The third-order valence-corrected chi connectivity index (χ3v) is 3.38. The smallest absolute Gasteiger partial charge is 0.128 e. The summed E-state index contributed by atoms with van der Waals surface area (Å²) in [6, 6.07) is 10.7. The monoisotopic (exact) mass is 243 g/mol. The molecule has 2 aromatic rings. The van der Waals surface area contributed by atoms with Gasteiger partial charge in [-0.2, -0.15) is 0 Å². The molecule has 2 heteroatoms. The molecular formula is C16H18FN. The molecule has 94 valence electrons. The van der Waals surface area contributed by atoms with Crippen molar-refractivity contribution in [1.82, 2.24) is 0 Å². The Morgan fingerprint density at radius 2 is 1.67 bits per heavy atom. The molecule has 2 aromatic carbocycles. The molecule has 0 aliphatic carbocycles. The normalized spacial score (nSPS) is 12.5. The average molecular weight is 243 g/mol. The van der Waals surface area contributed by atoms with Gasteiger partial charge in [0.05, 0.1) is 6.04 Å². The Labute approximate surface area is 107 Å². The van der Waals surface area contributed by atoms with E-state index in [4.69, 9.17) is 5.73 Å². The van der Waals surface area contributed by atoms with Gasteiger partial charge < -0.3 is 5.73 Å². The van der Waals surface area contributed by atoms with Crippen molar-refractivity contribution in [2.45, 2.75) is 26.8 Å². The van der Waals surface area contributed by atoms with Crippen LogP contribution in [0.4, 0.5) is 4.39 Å². The summed E-state index contributed by atoms with van der Waals surface area (Å²) in [7, 11) is 0. The highest BCUT2D eigenvalue weighted by Gasteiger charge is 2.14. The van der Waals surface area contributed by atoms with Gasteiger partial charge in [0.25, 0.3) is 0 Å². The summed E-state index contributed by atoms with van der Waals surface area (Å²) >= 11 is 0. The fraction of sp³-hybridized carbons (Fsp3) is 0.250. The summed E-state index contributed by atoms with van der Waals surface area (Å²) < 4.78 is 13.8. The number of halogens is 1. The lowest BCUT2D eigenvalue weighted by Crippen LogP contribution is -2.14. The summed E-state index contributed by atoms with van der Waals surface area (Å²) in [6.07, 6.45) is 0. The van der Waals surface area contributed by atoms with E-state index >= 15 is 0 Å². The standard InChI is InChI=1S/C16H18FN/c1-10-4-7-15(17)14(8-10)16(18)13-6-5-11(2)12(3)9-13/h4-9,16H,18H2,1-3H3. The van der Waals surface area contributed by atoms with E-state index in [0.29, 0.717) is 5.56 Å². The van der Waals surface area contributed by atoms with Gasteiger partial charge in [0, 0.05) is 5.56 Å². The summed E-state index contributed by atoms with van der Waals surface area (Å²) in [6.45, 7) is 6.03. The van der Waals surface area contributed by atoms with E-state index in [1.807, 2.05) is 38.1 Å². The zero-order valence-electron chi connectivity index (χ0n) is 11.0. The second-order valence-electron chi connectivity index (χ2n) is 4.85. The predicted octanol–water partition coefficient (Wildman–Crippen LogP) is 3.80. The zero-order chi connectivity index (χ0) is 13.3. The number of aryl methyl sites for hydroxylation is 3. The van der Waals surface area contributed by atoms with Crippen LogP contribution >= 0.6 is 0 Å². The van der Waals surface area contributed by atoms with Crippen molar-refractivity contribution in [3.8, 4) is 0 Å². The number of hydrogen-bond donors (Lipinski definition) is 1. The van der Waals surface area contributed by atoms with Crippen molar-refractivity contribution in [3.05, 3.63) is 70.0 Å². The topological polar surface area (TPSA) is 26.0 Å². The predicted molar refractivity (Wildman–Crippen MR) is 73.1 cm³/mol. The molecule has 0 heterocycles. The molecule has 0 saturated heterocycles. The van der Waals surface area contributed by atoms with Gasteiger partial charge in [-0.3, -0.25) is 0 Å². The first-order valence-electron chi connectivity index (χ1n) is 6.08. The summed E-state index contributed by atoms with van der Waals surface area (Å²) in [5, 5.41) is 0. The Morgan fingerprint density at radius 1 is 0.944 bits per heavy atom. The maximum atomic E-state index is 13.8. The highest BCUT2D eigenvalue weighted by atomic mass is 19.1. The minimum atomic E-state index is -0.413. The van der Waals surface area contributed by atoms with Gasteiger partial charge in [-0.1, -0.05) is 35.9 Å². The maximum Gasteiger partial charge on any atom is 0.128 e. The SMILES string of the molecule is Cc1ccc(F)c(C(N)c2ccc(C)c(C)c2)c1. The van der Waals surface area contributed by atoms with Gasteiger partial charge in [-0.25, -0.2) is 4.39 Å². The van der Waals surface area contributed by atoms with Crippen LogP contribution in [-0.2, 0) is 0 Å². The van der Waals surface area contributed by atoms with Gasteiger partial charge in [-0.15, -0.1) is 0 Å². The van der Waals surface area contributed by atoms with Crippen LogP contribution in [-0.4, -0.2) is 0 Å². The van der Waals surface area contributed by atoms with Crippen molar-refractivity contribution in [2.24, 2.45) is 5.73 Å². The van der Waals surface area contributed by atoms with Crippen LogP contribution in [0, 0.1) is 26.6 Å². The second kappa shape index (κ2) is 4.91. The second-order valence-corrected chi connectivity index (χ2v) is 4.85. The van der Waals surface area contributed by atoms with Crippen LogP contribution in [0.15, 0.2) is 36.4 Å². The van der Waals surface area contributed by atoms with Crippen LogP contribution in [0.1, 0.15) is 33.9 Å². The van der Waals surface area contributed by atoms with E-state index in [1.54, 1.807) is 6.07 Å². The molecular weight excluding hydrogens is 225 g/mol. The lowest BCUT2D eigenvalue weighted by Gasteiger charge is -2.15. The lowest BCUT2D eigenvalue weighted by atomic mass is 9.95. The van der Waals surface area contributed by atoms with E-state index in [1.165, 1.54) is 17.2 Å². The third kappa shape index (κ3) is 2.44. The van der Waals surface area contributed by atoms with Crippen LogP contribution < -0.4 is 5.73 Å². The number of rotatable bonds is 2. The molecule has 0 radical (unpaired) electrons. The number of nitrogens with two attached hydrogens (primary N) is 1. The molecule has 0 fully saturated rings. The van der Waals surface area contributed by atoms with Crippen molar-refractivity contribution in [3.63, 3.8) is 0 Å². The molecule has 0 bridgehead atoms. The van der Waals surface area contributed by atoms with E-state index in [9.17, 15) is 4.39 Å². The highest BCUT2D eigenvalue weighted by molar-refractivity contribution is 5.38. The van der Waals surface area contributed by atoms with Crippen molar-refractivity contribution >= 4 is 0 Å². The minimum Gasteiger partial charge on any atom is -0.320 e. The molecule has 0 amide bonds. The first-order chi connectivity index (χ1) is 8.49. The quantitative estimate of drug-likeness (QED) is 0.853. The van der Waals surface area contributed by atoms with E-state index < -0.39 is 6.04 Å². The number of benzene rings is 2. The summed E-state index contributed by atoms with van der Waals surface area (Å²) in [5.41, 5.74) is 11.1. The largest absolute Gasteiger partial charge is 0.320 e. The summed E-state index contributed by atoms with van der Waals surface area (Å²) in [4.78, 5) is 0. The Balaban J connectivity index is 2.44. The van der Waals surface area contributed by atoms with Crippen LogP contribution in [0.5, 0.6) is 0 Å². The van der Waals surface area contributed by atoms with Crippen LogP contribution in [0.3, 0.4) is 0 Å². The fourth-order valence-corrected chi connectivity index (χ4v) is 2.04. The highest BCUT2D eigenvalue weighted by Crippen LogP contribution is 2.24. The molecule has 0 spiro atoms. The van der Waals surface area contributed by atoms with Crippen molar-refractivity contribution in [2.75, 3.05) is 0 Å².